The Morgan fingerprint density at radius 3 is 2.22 bits per heavy atom. The minimum Gasteiger partial charge on any atom is -0.463 e. The lowest BCUT2D eigenvalue weighted by atomic mass is 9.94. The Kier molecular flexibility index (Phi) is 9.82. The van der Waals surface area contributed by atoms with Crippen molar-refractivity contribution in [2.75, 3.05) is 18.3 Å². The number of hydrogen-bond acceptors (Lipinski definition) is 7. The minimum absolute atomic E-state index is 0.0287. The first-order valence-electron chi connectivity index (χ1n) is 17.4. The number of carbonyl (C=O) groups is 3. The van der Waals surface area contributed by atoms with Crippen LogP contribution in [0.5, 0.6) is 11.5 Å². The van der Waals surface area contributed by atoms with Gasteiger partial charge >= 0.3 is 5.97 Å². The molecule has 1 aliphatic carbocycles. The van der Waals surface area contributed by atoms with Crippen LogP contribution in [0.25, 0.3) is 0 Å². The average molecular weight is 672 g/mol. The first-order chi connectivity index (χ1) is 24.5. The van der Waals surface area contributed by atoms with Gasteiger partial charge in [0, 0.05) is 18.3 Å². The van der Waals surface area contributed by atoms with Gasteiger partial charge in [-0.15, -0.1) is 0 Å². The molecule has 2 aliphatic heterocycles. The summed E-state index contributed by atoms with van der Waals surface area (Å²) in [5.41, 5.74) is 3.10. The van der Waals surface area contributed by atoms with Crippen molar-refractivity contribution >= 4 is 23.5 Å². The van der Waals surface area contributed by atoms with E-state index in [1.165, 1.54) is 0 Å². The van der Waals surface area contributed by atoms with E-state index in [2.05, 4.69) is 5.32 Å². The molecule has 0 spiro atoms. The molecule has 9 heteroatoms. The van der Waals surface area contributed by atoms with Gasteiger partial charge in [0.15, 0.2) is 11.5 Å². The van der Waals surface area contributed by atoms with Crippen LogP contribution in [0.3, 0.4) is 0 Å². The number of rotatable bonds is 11. The van der Waals surface area contributed by atoms with E-state index in [9.17, 15) is 9.59 Å². The molecule has 9 nitrogen and oxygen atoms in total. The van der Waals surface area contributed by atoms with E-state index >= 15 is 4.79 Å². The van der Waals surface area contributed by atoms with E-state index in [1.807, 2.05) is 103 Å². The highest BCUT2D eigenvalue weighted by Gasteiger charge is 2.49. The summed E-state index contributed by atoms with van der Waals surface area (Å²) in [4.78, 5) is 47.7. The molecule has 0 radical (unpaired) electrons. The lowest BCUT2D eigenvalue weighted by Gasteiger charge is -2.35. The van der Waals surface area contributed by atoms with Crippen LogP contribution in [0.4, 0.5) is 5.69 Å². The van der Waals surface area contributed by atoms with Crippen LogP contribution in [0.1, 0.15) is 67.8 Å². The summed E-state index contributed by atoms with van der Waals surface area (Å²) in [6, 6.07) is 32.1. The molecular weight excluding hydrogens is 630 g/mol. The van der Waals surface area contributed by atoms with Crippen molar-refractivity contribution in [3.05, 3.63) is 137 Å². The van der Waals surface area contributed by atoms with Gasteiger partial charge in [0.2, 0.25) is 12.7 Å². The summed E-state index contributed by atoms with van der Waals surface area (Å²) in [5, 5.41) is 3.33. The first-order valence-corrected chi connectivity index (χ1v) is 17.4. The number of carbonyl (C=O) groups excluding carboxylic acids is 3. The normalized spacial score (nSPS) is 17.8. The monoisotopic (exact) mass is 671 g/mol. The SMILES string of the molecule is CCOC(=O)C1=C(N(Cc2ccccc2)C(C(=O)NC2CCCCC2)c2ccccc2)C(=O)N(c2ccccc2)C1c1ccc2c(c1)OCO2. The molecule has 0 saturated heterocycles. The Morgan fingerprint density at radius 2 is 1.52 bits per heavy atom. The fourth-order valence-corrected chi connectivity index (χ4v) is 7.27. The van der Waals surface area contributed by atoms with E-state index in [4.69, 9.17) is 14.2 Å². The topological polar surface area (TPSA) is 97.4 Å². The fourth-order valence-electron chi connectivity index (χ4n) is 7.27. The highest BCUT2D eigenvalue weighted by atomic mass is 16.7. The zero-order valence-electron chi connectivity index (χ0n) is 28.1. The van der Waals surface area contributed by atoms with Crippen LogP contribution >= 0.6 is 0 Å². The maximum atomic E-state index is 15.3. The number of esters is 1. The summed E-state index contributed by atoms with van der Waals surface area (Å²) in [6.07, 6.45) is 5.05. The van der Waals surface area contributed by atoms with Crippen molar-refractivity contribution in [1.29, 1.82) is 0 Å². The highest BCUT2D eigenvalue weighted by molar-refractivity contribution is 6.16. The third-order valence-corrected chi connectivity index (χ3v) is 9.56. The number of benzene rings is 4. The summed E-state index contributed by atoms with van der Waals surface area (Å²) in [6.45, 7) is 2.10. The Hall–Kier alpha value is -5.57. The number of fused-ring (bicyclic) bond motifs is 1. The largest absolute Gasteiger partial charge is 0.463 e. The van der Waals surface area contributed by atoms with Gasteiger partial charge < -0.3 is 24.4 Å². The van der Waals surface area contributed by atoms with Gasteiger partial charge in [0.1, 0.15) is 11.7 Å². The molecule has 4 aromatic carbocycles. The molecule has 50 heavy (non-hydrogen) atoms. The molecule has 4 aromatic rings. The van der Waals surface area contributed by atoms with Crippen molar-refractivity contribution in [2.45, 2.75) is 63.7 Å². The van der Waals surface area contributed by atoms with Crippen LogP contribution < -0.4 is 19.7 Å². The van der Waals surface area contributed by atoms with Gasteiger partial charge in [0.25, 0.3) is 5.91 Å². The van der Waals surface area contributed by atoms with Gasteiger partial charge in [-0.2, -0.15) is 0 Å². The van der Waals surface area contributed by atoms with Crippen molar-refractivity contribution in [3.63, 3.8) is 0 Å². The average Bonchev–Trinajstić information content (AvgIpc) is 3.75. The molecule has 0 aromatic heterocycles. The van der Waals surface area contributed by atoms with Crippen LogP contribution in [-0.4, -0.2) is 42.1 Å². The summed E-state index contributed by atoms with van der Waals surface area (Å²) in [7, 11) is 0. The Bertz CT molecular complexity index is 1860. The molecule has 1 N–H and O–H groups in total. The molecule has 2 heterocycles. The molecule has 1 fully saturated rings. The van der Waals surface area contributed by atoms with Crippen LogP contribution in [0, 0.1) is 0 Å². The fraction of sp³-hybridized carbons (Fsp3) is 0.293. The molecule has 0 bridgehead atoms. The number of hydrogen-bond donors (Lipinski definition) is 1. The smallest absolute Gasteiger partial charge is 0.338 e. The standard InChI is InChI=1S/C41H41N3O6/c1-2-48-41(47)35-36(30-23-24-33-34(25-30)50-27-49-33)44(32-21-13-6-14-22-32)40(46)38(35)43(26-28-15-7-3-8-16-28)37(29-17-9-4-10-18-29)39(45)42-31-19-11-5-12-20-31/h3-4,6-10,13-18,21-25,31,36-37H,2,5,11-12,19-20,26-27H2,1H3,(H,42,45). The summed E-state index contributed by atoms with van der Waals surface area (Å²) < 4.78 is 17.1. The Labute approximate surface area is 292 Å². The summed E-state index contributed by atoms with van der Waals surface area (Å²) in [5.74, 6) is -0.158. The van der Waals surface area contributed by atoms with Gasteiger partial charge in [-0.05, 0) is 60.7 Å². The number of amides is 2. The minimum atomic E-state index is -0.935. The molecule has 2 atom stereocenters. The van der Waals surface area contributed by atoms with Crippen LogP contribution in [0.15, 0.2) is 120 Å². The maximum absolute atomic E-state index is 15.3. The van der Waals surface area contributed by atoms with Crippen molar-refractivity contribution in [2.24, 2.45) is 0 Å². The van der Waals surface area contributed by atoms with Crippen LogP contribution in [-0.2, 0) is 25.7 Å². The zero-order chi connectivity index (χ0) is 34.5. The van der Waals surface area contributed by atoms with Crippen molar-refractivity contribution in [3.8, 4) is 11.5 Å². The van der Waals surface area contributed by atoms with Gasteiger partial charge in [-0.1, -0.05) is 104 Å². The second-order valence-electron chi connectivity index (χ2n) is 12.8. The van der Waals surface area contributed by atoms with E-state index in [1.54, 1.807) is 22.8 Å². The first kappa shape index (κ1) is 33.0. The maximum Gasteiger partial charge on any atom is 0.338 e. The van der Waals surface area contributed by atoms with E-state index in [0.717, 1.165) is 37.7 Å². The molecule has 2 amide bonds. The zero-order valence-corrected chi connectivity index (χ0v) is 28.1. The number of anilines is 1. The third-order valence-electron chi connectivity index (χ3n) is 9.56. The van der Waals surface area contributed by atoms with Crippen molar-refractivity contribution in [1.82, 2.24) is 10.2 Å². The Morgan fingerprint density at radius 1 is 0.860 bits per heavy atom. The van der Waals surface area contributed by atoms with E-state index in [0.29, 0.717) is 28.3 Å². The number of para-hydroxylation sites is 1. The van der Waals surface area contributed by atoms with Crippen LogP contribution in [0.2, 0.25) is 0 Å². The molecule has 7 rings (SSSR count). The highest BCUT2D eigenvalue weighted by Crippen LogP contribution is 2.47. The molecule has 1 saturated carbocycles. The van der Waals surface area contributed by atoms with Gasteiger partial charge in [0.05, 0.1) is 18.2 Å². The van der Waals surface area contributed by atoms with Gasteiger partial charge in [-0.25, -0.2) is 4.79 Å². The van der Waals surface area contributed by atoms with E-state index in [-0.39, 0.29) is 43.2 Å². The lowest BCUT2D eigenvalue weighted by Crippen LogP contribution is -2.46. The molecule has 3 aliphatic rings. The number of nitrogens with one attached hydrogen (secondary N) is 1. The molecule has 256 valence electrons. The molecule has 2 unspecified atom stereocenters. The molecular formula is C41H41N3O6. The quantitative estimate of drug-likeness (QED) is 0.171. The lowest BCUT2D eigenvalue weighted by molar-refractivity contribution is -0.139. The predicted molar refractivity (Wildman–Crippen MR) is 189 cm³/mol. The van der Waals surface area contributed by atoms with E-state index < -0.39 is 24.0 Å². The third kappa shape index (κ3) is 6.68. The summed E-state index contributed by atoms with van der Waals surface area (Å²) >= 11 is 0. The second-order valence-corrected chi connectivity index (χ2v) is 12.8. The Balaban J connectivity index is 1.45. The van der Waals surface area contributed by atoms with Crippen molar-refractivity contribution < 1.29 is 28.6 Å². The van der Waals surface area contributed by atoms with Gasteiger partial charge in [-0.3, -0.25) is 14.5 Å². The number of ether oxygens (including phenoxy) is 3. The second kappa shape index (κ2) is 14.9. The number of nitrogens with zero attached hydrogens (tertiary/aromatic N) is 2. The predicted octanol–water partition coefficient (Wildman–Crippen LogP) is 7.01.